The second-order valence-corrected chi connectivity index (χ2v) is 10.4. The van der Waals surface area contributed by atoms with Crippen LogP contribution in [-0.2, 0) is 16.2 Å². The third kappa shape index (κ3) is 7.39. The van der Waals surface area contributed by atoms with Crippen LogP contribution in [0.15, 0.2) is 35.7 Å². The minimum absolute atomic E-state index is 0.0229. The summed E-state index contributed by atoms with van der Waals surface area (Å²) in [6.07, 6.45) is 5.87. The van der Waals surface area contributed by atoms with Crippen LogP contribution in [0.3, 0.4) is 0 Å². The molecule has 0 radical (unpaired) electrons. The number of nitrogens with zero attached hydrogens (tertiary/aromatic N) is 4. The summed E-state index contributed by atoms with van der Waals surface area (Å²) < 4.78 is 5.85. The molecule has 2 saturated heterocycles. The molecule has 2 fully saturated rings. The molecule has 3 heterocycles. The average Bonchev–Trinajstić information content (AvgIpc) is 3.31. The molecule has 7 nitrogen and oxygen atoms in total. The van der Waals surface area contributed by atoms with E-state index >= 15 is 0 Å². The molecule has 0 N–H and O–H groups in total. The van der Waals surface area contributed by atoms with Crippen molar-refractivity contribution in [2.45, 2.75) is 39.7 Å². The van der Waals surface area contributed by atoms with Gasteiger partial charge in [-0.3, -0.25) is 9.59 Å². The summed E-state index contributed by atoms with van der Waals surface area (Å²) in [5, 5.41) is 3.03. The number of amides is 2. The first-order valence-corrected chi connectivity index (χ1v) is 13.5. The highest BCUT2D eigenvalue weighted by Gasteiger charge is 2.26. The van der Waals surface area contributed by atoms with Crippen LogP contribution < -0.4 is 4.74 Å². The fourth-order valence-electron chi connectivity index (χ4n) is 4.66. The molecule has 35 heavy (non-hydrogen) atoms. The monoisotopic (exact) mass is 496 g/mol. The van der Waals surface area contributed by atoms with Crippen molar-refractivity contribution >= 4 is 29.2 Å². The number of benzene rings is 1. The number of ether oxygens (including phenoxy) is 1. The number of hydrogen-bond donors (Lipinski definition) is 0. The first-order chi connectivity index (χ1) is 17.0. The van der Waals surface area contributed by atoms with E-state index in [1.165, 1.54) is 0 Å². The lowest BCUT2D eigenvalue weighted by Crippen LogP contribution is -2.49. The van der Waals surface area contributed by atoms with E-state index in [0.717, 1.165) is 67.6 Å². The maximum Gasteiger partial charge on any atom is 0.246 e. The largest absolute Gasteiger partial charge is 0.487 e. The molecule has 1 aromatic carbocycles. The van der Waals surface area contributed by atoms with E-state index in [1.54, 1.807) is 17.4 Å². The van der Waals surface area contributed by atoms with Crippen molar-refractivity contribution in [2.24, 2.45) is 5.92 Å². The molecule has 0 unspecified atom stereocenters. The number of piperazine rings is 1. The van der Waals surface area contributed by atoms with Gasteiger partial charge in [0.05, 0.1) is 10.7 Å². The van der Waals surface area contributed by atoms with Crippen molar-refractivity contribution in [3.63, 3.8) is 0 Å². The number of rotatable bonds is 8. The highest BCUT2D eigenvalue weighted by atomic mass is 32.1. The van der Waals surface area contributed by atoms with Crippen molar-refractivity contribution in [2.75, 3.05) is 45.8 Å². The number of aromatic nitrogens is 1. The van der Waals surface area contributed by atoms with Crippen LogP contribution in [0.4, 0.5) is 0 Å². The molecule has 2 aliphatic rings. The van der Waals surface area contributed by atoms with Crippen LogP contribution >= 0.6 is 11.3 Å². The molecule has 2 aliphatic heterocycles. The number of likely N-dealkylation sites (N-methyl/N-ethyl adjacent to an activating group) is 1. The van der Waals surface area contributed by atoms with E-state index in [9.17, 15) is 9.59 Å². The van der Waals surface area contributed by atoms with Gasteiger partial charge in [0.15, 0.2) is 0 Å². The van der Waals surface area contributed by atoms with Crippen LogP contribution in [-0.4, -0.2) is 77.3 Å². The number of aryl methyl sites for hydroxylation is 1. The highest BCUT2D eigenvalue weighted by molar-refractivity contribution is 7.09. The maximum absolute atomic E-state index is 12.7. The van der Waals surface area contributed by atoms with E-state index in [-0.39, 0.29) is 11.8 Å². The van der Waals surface area contributed by atoms with E-state index in [2.05, 4.69) is 16.8 Å². The summed E-state index contributed by atoms with van der Waals surface area (Å²) in [5.41, 5.74) is 1.85. The minimum atomic E-state index is 0.0229. The van der Waals surface area contributed by atoms with Crippen LogP contribution in [0.25, 0.3) is 6.08 Å². The van der Waals surface area contributed by atoms with E-state index in [4.69, 9.17) is 4.74 Å². The summed E-state index contributed by atoms with van der Waals surface area (Å²) >= 11 is 1.61. The Bertz CT molecular complexity index is 1020. The lowest BCUT2D eigenvalue weighted by molar-refractivity contribution is -0.134. The second-order valence-electron chi connectivity index (χ2n) is 9.34. The van der Waals surface area contributed by atoms with Crippen LogP contribution in [0, 0.1) is 12.8 Å². The Kier molecular flexibility index (Phi) is 8.93. The van der Waals surface area contributed by atoms with Gasteiger partial charge in [0.1, 0.15) is 12.4 Å². The summed E-state index contributed by atoms with van der Waals surface area (Å²) in [6.45, 7) is 10.7. The Morgan fingerprint density at radius 1 is 1.11 bits per heavy atom. The van der Waals surface area contributed by atoms with Crippen LogP contribution in [0.5, 0.6) is 5.75 Å². The van der Waals surface area contributed by atoms with E-state index < -0.39 is 0 Å². The number of hydrogen-bond acceptors (Lipinski definition) is 6. The van der Waals surface area contributed by atoms with Gasteiger partial charge in [-0.2, -0.15) is 0 Å². The molecule has 0 atom stereocenters. The summed E-state index contributed by atoms with van der Waals surface area (Å²) in [4.78, 5) is 36.1. The van der Waals surface area contributed by atoms with Crippen LogP contribution in [0.1, 0.15) is 42.5 Å². The van der Waals surface area contributed by atoms with Gasteiger partial charge in [-0.15, -0.1) is 11.3 Å². The molecule has 2 amide bonds. The Balaban J connectivity index is 1.20. The number of piperidine rings is 1. The molecule has 0 aliphatic carbocycles. The first-order valence-electron chi connectivity index (χ1n) is 12.6. The van der Waals surface area contributed by atoms with E-state index in [1.807, 2.05) is 52.4 Å². The summed E-state index contributed by atoms with van der Waals surface area (Å²) in [7, 11) is 0. The Labute approximate surface area is 212 Å². The van der Waals surface area contributed by atoms with Gasteiger partial charge in [0, 0.05) is 57.1 Å². The second kappa shape index (κ2) is 12.3. The standard InChI is InChI=1S/C27H36N4O3S/c1-3-29-13-15-31(16-14-29)27(33)18-23-9-11-30(12-10-23)26(32)8-7-22-5-4-6-25(17-22)34-19-24-20-35-21(2)28-24/h4-8,17,20,23H,3,9-16,18-19H2,1-2H3. The van der Waals surface area contributed by atoms with E-state index in [0.29, 0.717) is 32.0 Å². The Morgan fingerprint density at radius 2 is 1.89 bits per heavy atom. The first kappa shape index (κ1) is 25.4. The fraction of sp³-hybridized carbons (Fsp3) is 0.519. The van der Waals surface area contributed by atoms with Gasteiger partial charge >= 0.3 is 0 Å². The average molecular weight is 497 g/mol. The molecule has 1 aromatic heterocycles. The third-order valence-corrected chi connectivity index (χ3v) is 7.71. The summed E-state index contributed by atoms with van der Waals surface area (Å²) in [5.74, 6) is 1.43. The van der Waals surface area contributed by atoms with Gasteiger partial charge in [-0.25, -0.2) is 4.98 Å². The van der Waals surface area contributed by atoms with Crippen molar-refractivity contribution in [3.8, 4) is 5.75 Å². The number of carbonyl (C=O) groups excluding carboxylic acids is 2. The topological polar surface area (TPSA) is 66.0 Å². The van der Waals surface area contributed by atoms with Crippen molar-refractivity contribution in [3.05, 3.63) is 52.0 Å². The normalized spacial score (nSPS) is 17.8. The number of carbonyl (C=O) groups is 2. The summed E-state index contributed by atoms with van der Waals surface area (Å²) in [6, 6.07) is 7.73. The molecule has 0 spiro atoms. The van der Waals surface area contributed by atoms with Crippen molar-refractivity contribution in [1.29, 1.82) is 0 Å². The zero-order valence-electron chi connectivity index (χ0n) is 20.8. The molecular formula is C27H36N4O3S. The predicted molar refractivity (Wildman–Crippen MR) is 139 cm³/mol. The highest BCUT2D eigenvalue weighted by Crippen LogP contribution is 2.23. The molecule has 0 bridgehead atoms. The van der Waals surface area contributed by atoms with Gasteiger partial charge in [0.2, 0.25) is 11.8 Å². The lowest BCUT2D eigenvalue weighted by atomic mass is 9.92. The predicted octanol–water partition coefficient (Wildman–Crippen LogP) is 3.84. The van der Waals surface area contributed by atoms with Crippen molar-refractivity contribution in [1.82, 2.24) is 19.7 Å². The van der Waals surface area contributed by atoms with Gasteiger partial charge in [0.25, 0.3) is 0 Å². The quantitative estimate of drug-likeness (QED) is 0.520. The zero-order chi connectivity index (χ0) is 24.6. The van der Waals surface area contributed by atoms with Gasteiger partial charge < -0.3 is 19.4 Å². The molecule has 4 rings (SSSR count). The van der Waals surface area contributed by atoms with Gasteiger partial charge in [-0.05, 0) is 56.0 Å². The molecular weight excluding hydrogens is 460 g/mol. The zero-order valence-corrected chi connectivity index (χ0v) is 21.6. The number of likely N-dealkylation sites (tertiary alicyclic amines) is 1. The maximum atomic E-state index is 12.7. The fourth-order valence-corrected chi connectivity index (χ4v) is 5.26. The lowest BCUT2D eigenvalue weighted by Gasteiger charge is -2.36. The Morgan fingerprint density at radius 3 is 2.57 bits per heavy atom. The number of thiazole rings is 1. The smallest absolute Gasteiger partial charge is 0.246 e. The minimum Gasteiger partial charge on any atom is -0.487 e. The third-order valence-electron chi connectivity index (χ3n) is 6.89. The Hall–Kier alpha value is -2.71. The molecule has 8 heteroatoms. The SMILES string of the molecule is CCN1CCN(C(=O)CC2CCN(C(=O)C=Cc3cccc(OCc4csc(C)n4)c3)CC2)CC1. The van der Waals surface area contributed by atoms with Crippen molar-refractivity contribution < 1.29 is 14.3 Å². The molecule has 2 aromatic rings. The molecule has 0 saturated carbocycles. The van der Waals surface area contributed by atoms with Gasteiger partial charge in [-0.1, -0.05) is 19.1 Å². The van der Waals surface area contributed by atoms with Crippen LogP contribution in [0.2, 0.25) is 0 Å². The molecule has 188 valence electrons.